The topological polar surface area (TPSA) is 129 Å². The number of aliphatic carboxylic acids is 1. The molecule has 0 heterocycles. The van der Waals surface area contributed by atoms with Crippen LogP contribution in [-0.2, 0) is 26.0 Å². The predicted molar refractivity (Wildman–Crippen MR) is 33.7 cm³/mol. The average molecular weight is 204 g/mol. The number of carbonyl (C=O) groups is 1. The number of hydrogen-bond donors (Lipinski definition) is 3. The van der Waals surface area contributed by atoms with Crippen molar-refractivity contribution in [3.8, 4) is 0 Å². The molecular formula is C2H4O7S2. The lowest BCUT2D eigenvalue weighted by Gasteiger charge is -2.01. The lowest BCUT2D eigenvalue weighted by atomic mass is 10.8. The summed E-state index contributed by atoms with van der Waals surface area (Å²) in [5.74, 6) is -2.08. The molecule has 11 heavy (non-hydrogen) atoms. The van der Waals surface area contributed by atoms with E-state index in [4.69, 9.17) is 14.2 Å². The fraction of sp³-hybridized carbons (Fsp3) is 0.500. The average Bonchev–Trinajstić information content (AvgIpc) is 1.54. The van der Waals surface area contributed by atoms with Crippen molar-refractivity contribution < 1.29 is 31.6 Å². The first kappa shape index (κ1) is 10.5. The highest BCUT2D eigenvalue weighted by atomic mass is 32.3. The Morgan fingerprint density at radius 3 is 1.82 bits per heavy atom. The summed E-state index contributed by atoms with van der Waals surface area (Å²) in [4.78, 5) is 9.90. The zero-order valence-electron chi connectivity index (χ0n) is 4.87. The Balaban J connectivity index is 4.94. The van der Waals surface area contributed by atoms with Crippen LogP contribution in [0.4, 0.5) is 0 Å². The third kappa shape index (κ3) is 2.93. The van der Waals surface area contributed by atoms with Crippen LogP contribution in [0.1, 0.15) is 0 Å². The van der Waals surface area contributed by atoms with E-state index in [-0.39, 0.29) is 0 Å². The molecule has 0 aliphatic rings. The Bertz CT molecular complexity index is 261. The number of rotatable bonds is 3. The molecule has 0 radical (unpaired) electrons. The van der Waals surface area contributed by atoms with Crippen LogP contribution >= 0.6 is 0 Å². The standard InChI is InChI=1S/C2H4O7S2/c3-1(4)2(10(5)6)11(7,8)9/h2H,(H,3,4)(H,5,6)(H,7,8,9). The Morgan fingerprint density at radius 2 is 1.82 bits per heavy atom. The molecule has 0 bridgehead atoms. The van der Waals surface area contributed by atoms with Crippen molar-refractivity contribution in [2.75, 3.05) is 0 Å². The molecule has 2 atom stereocenters. The van der Waals surface area contributed by atoms with Gasteiger partial charge >= 0.3 is 5.97 Å². The molecule has 0 aromatic carbocycles. The lowest BCUT2D eigenvalue weighted by molar-refractivity contribution is -0.135. The van der Waals surface area contributed by atoms with Gasteiger partial charge < -0.3 is 9.66 Å². The molecular weight excluding hydrogens is 200 g/mol. The zero-order valence-corrected chi connectivity index (χ0v) is 6.50. The molecule has 9 heteroatoms. The second kappa shape index (κ2) is 3.26. The van der Waals surface area contributed by atoms with Gasteiger partial charge in [0.05, 0.1) is 0 Å². The van der Waals surface area contributed by atoms with E-state index in [9.17, 15) is 17.4 Å². The first-order valence-corrected chi connectivity index (χ1v) is 4.73. The van der Waals surface area contributed by atoms with Crippen LogP contribution in [0.5, 0.6) is 0 Å². The van der Waals surface area contributed by atoms with Gasteiger partial charge in [-0.15, -0.1) is 0 Å². The molecule has 7 nitrogen and oxygen atoms in total. The van der Waals surface area contributed by atoms with Crippen molar-refractivity contribution in [3.05, 3.63) is 0 Å². The van der Waals surface area contributed by atoms with Crippen LogP contribution in [0, 0.1) is 0 Å². The Labute approximate surface area is 64.1 Å². The molecule has 0 fully saturated rings. The highest BCUT2D eigenvalue weighted by Crippen LogP contribution is 2.02. The maximum atomic E-state index is 10.0. The normalized spacial score (nSPS) is 17.3. The summed E-state index contributed by atoms with van der Waals surface area (Å²) in [6.45, 7) is 0. The van der Waals surface area contributed by atoms with Crippen molar-refractivity contribution in [1.82, 2.24) is 0 Å². The summed E-state index contributed by atoms with van der Waals surface area (Å²) in [5.41, 5.74) is 0. The highest BCUT2D eigenvalue weighted by Gasteiger charge is 2.36. The van der Waals surface area contributed by atoms with E-state index >= 15 is 0 Å². The van der Waals surface area contributed by atoms with E-state index in [2.05, 4.69) is 0 Å². The molecule has 0 saturated carbocycles. The van der Waals surface area contributed by atoms with Crippen LogP contribution in [0.3, 0.4) is 0 Å². The zero-order chi connectivity index (χ0) is 9.23. The van der Waals surface area contributed by atoms with Gasteiger partial charge in [0.1, 0.15) is 0 Å². The third-order valence-electron chi connectivity index (χ3n) is 0.655. The summed E-state index contributed by atoms with van der Waals surface area (Å²) in [7, 11) is -5.01. The number of carboxylic acids is 1. The van der Waals surface area contributed by atoms with Gasteiger partial charge in [0, 0.05) is 0 Å². The minimum absolute atomic E-state index is 2.08. The Hall–Kier alpha value is -0.510. The summed E-state index contributed by atoms with van der Waals surface area (Å²) < 4.78 is 43.5. The maximum absolute atomic E-state index is 10.0. The van der Waals surface area contributed by atoms with Gasteiger partial charge in [-0.2, -0.15) is 8.42 Å². The van der Waals surface area contributed by atoms with Crippen LogP contribution in [0.25, 0.3) is 0 Å². The van der Waals surface area contributed by atoms with Crippen molar-refractivity contribution >= 4 is 27.2 Å². The maximum Gasteiger partial charge on any atom is 0.340 e. The summed E-state index contributed by atoms with van der Waals surface area (Å²) in [5, 5.41) is 7.99. The van der Waals surface area contributed by atoms with E-state index in [0.717, 1.165) is 0 Å². The van der Waals surface area contributed by atoms with Gasteiger partial charge in [-0.1, -0.05) is 0 Å². The Kier molecular flexibility index (Phi) is 3.11. The highest BCUT2D eigenvalue weighted by molar-refractivity contribution is 8.02. The lowest BCUT2D eigenvalue weighted by Crippen LogP contribution is -2.33. The van der Waals surface area contributed by atoms with E-state index in [1.807, 2.05) is 0 Å². The fourth-order valence-corrected chi connectivity index (χ4v) is 1.58. The molecule has 2 unspecified atom stereocenters. The largest absolute Gasteiger partial charge is 0.479 e. The minimum atomic E-state index is -5.01. The van der Waals surface area contributed by atoms with Crippen LogP contribution in [0.2, 0.25) is 0 Å². The van der Waals surface area contributed by atoms with Crippen LogP contribution < -0.4 is 0 Å². The van der Waals surface area contributed by atoms with Crippen molar-refractivity contribution in [2.45, 2.75) is 4.58 Å². The summed E-state index contributed by atoms with van der Waals surface area (Å²) in [6.07, 6.45) is 0. The molecule has 0 amide bonds. The number of carboxylic acid groups (broad SMARTS) is 1. The second-order valence-corrected chi connectivity index (χ2v) is 4.28. The van der Waals surface area contributed by atoms with E-state index in [0.29, 0.717) is 0 Å². The van der Waals surface area contributed by atoms with Gasteiger partial charge in [-0.05, 0) is 0 Å². The van der Waals surface area contributed by atoms with Crippen LogP contribution in [-0.4, -0.2) is 37.4 Å². The SMILES string of the molecule is O=C(O)C(S(=O)O)S(=O)(=O)O. The molecule has 0 rings (SSSR count). The quantitative estimate of drug-likeness (QED) is 0.377. The van der Waals surface area contributed by atoms with Crippen molar-refractivity contribution in [2.24, 2.45) is 0 Å². The van der Waals surface area contributed by atoms with Gasteiger partial charge in [0.15, 0.2) is 11.1 Å². The molecule has 0 aromatic rings. The first-order chi connectivity index (χ1) is 4.76. The predicted octanol–water partition coefficient (Wildman–Crippen LogP) is -1.49. The summed E-state index contributed by atoms with van der Waals surface area (Å²) in [6, 6.07) is 0. The van der Waals surface area contributed by atoms with Gasteiger partial charge in [0.2, 0.25) is 0 Å². The van der Waals surface area contributed by atoms with E-state index in [1.54, 1.807) is 0 Å². The molecule has 66 valence electrons. The van der Waals surface area contributed by atoms with Gasteiger partial charge in [-0.25, -0.2) is 9.00 Å². The van der Waals surface area contributed by atoms with Gasteiger partial charge in [-0.3, -0.25) is 4.55 Å². The van der Waals surface area contributed by atoms with Crippen LogP contribution in [0.15, 0.2) is 0 Å². The van der Waals surface area contributed by atoms with E-state index in [1.165, 1.54) is 0 Å². The third-order valence-corrected chi connectivity index (χ3v) is 3.19. The first-order valence-electron chi connectivity index (χ1n) is 2.05. The molecule has 0 spiro atoms. The minimum Gasteiger partial charge on any atom is -0.479 e. The smallest absolute Gasteiger partial charge is 0.340 e. The monoisotopic (exact) mass is 204 g/mol. The summed E-state index contributed by atoms with van der Waals surface area (Å²) >= 11 is -3.14. The molecule has 0 saturated heterocycles. The second-order valence-electron chi connectivity index (χ2n) is 1.46. The molecule has 0 aliphatic carbocycles. The number of hydrogen-bond acceptors (Lipinski definition) is 4. The Morgan fingerprint density at radius 1 is 1.45 bits per heavy atom. The molecule has 0 aliphatic heterocycles. The van der Waals surface area contributed by atoms with Gasteiger partial charge in [0.25, 0.3) is 14.7 Å². The van der Waals surface area contributed by atoms with Crippen molar-refractivity contribution in [3.63, 3.8) is 0 Å². The molecule has 0 aromatic heterocycles. The van der Waals surface area contributed by atoms with E-state index < -0.39 is 31.7 Å². The molecule has 3 N–H and O–H groups in total. The van der Waals surface area contributed by atoms with Crippen molar-refractivity contribution in [1.29, 1.82) is 0 Å². The fourth-order valence-electron chi connectivity index (χ4n) is 0.318.